The fraction of sp³-hybridized carbons (Fsp3) is 0.389. The molecule has 1 fully saturated rings. The third-order valence-electron chi connectivity index (χ3n) is 7.94. The normalized spacial score (nSPS) is 17.9. The van der Waals surface area contributed by atoms with Gasteiger partial charge in [0.1, 0.15) is 5.82 Å². The number of hydrogen-bond acceptors (Lipinski definition) is 0. The van der Waals surface area contributed by atoms with E-state index in [0.717, 1.165) is 59.6 Å². The number of hydrogen-bond donors (Lipinski definition) is 0. The molecule has 1 aliphatic rings. The lowest BCUT2D eigenvalue weighted by atomic mass is 9.78. The Bertz CT molecular complexity index is 1260. The number of allylic oxidation sites excluding steroid dienone is 4. The van der Waals surface area contributed by atoms with Crippen molar-refractivity contribution in [1.29, 1.82) is 0 Å². The van der Waals surface area contributed by atoms with Gasteiger partial charge in [-0.1, -0.05) is 92.2 Å². The molecule has 0 unspecified atom stereocenters. The number of fused-ring (bicyclic) bond motifs is 1. The van der Waals surface area contributed by atoms with E-state index in [1.165, 1.54) is 44.1 Å². The van der Waals surface area contributed by atoms with Crippen molar-refractivity contribution in [3.8, 4) is 11.8 Å². The fourth-order valence-corrected chi connectivity index (χ4v) is 5.59. The first-order chi connectivity index (χ1) is 18.2. The molecule has 192 valence electrons. The Balaban J connectivity index is 1.33. The average Bonchev–Trinajstić information content (AvgIpc) is 2.93. The molecule has 0 atom stereocenters. The molecule has 0 N–H and O–H groups in total. The van der Waals surface area contributed by atoms with Crippen LogP contribution < -0.4 is 0 Å². The van der Waals surface area contributed by atoms with Crippen molar-refractivity contribution < 1.29 is 4.39 Å². The average molecular weight is 493 g/mol. The third kappa shape index (κ3) is 7.93. The Hall–Kier alpha value is -3.11. The van der Waals surface area contributed by atoms with Crippen molar-refractivity contribution in [2.24, 2.45) is 11.8 Å². The molecule has 0 radical (unpaired) electrons. The van der Waals surface area contributed by atoms with Crippen LogP contribution in [-0.2, 0) is 12.8 Å². The lowest BCUT2D eigenvalue weighted by Gasteiger charge is -2.28. The maximum absolute atomic E-state index is 15.3. The second-order valence-corrected chi connectivity index (χ2v) is 10.6. The second kappa shape index (κ2) is 14.0. The van der Waals surface area contributed by atoms with Crippen LogP contribution in [0, 0.1) is 29.5 Å². The predicted octanol–water partition coefficient (Wildman–Crippen LogP) is 9.98. The van der Waals surface area contributed by atoms with Crippen LogP contribution in [0.2, 0.25) is 0 Å². The van der Waals surface area contributed by atoms with Crippen molar-refractivity contribution in [3.05, 3.63) is 107 Å². The highest BCUT2D eigenvalue weighted by atomic mass is 19.1. The minimum Gasteiger partial charge on any atom is -0.206 e. The van der Waals surface area contributed by atoms with Crippen LogP contribution in [0.15, 0.2) is 78.9 Å². The summed E-state index contributed by atoms with van der Waals surface area (Å²) in [5, 5.41) is 1.63. The number of benzene rings is 3. The Morgan fingerprint density at radius 3 is 2.11 bits per heavy atom. The van der Waals surface area contributed by atoms with Gasteiger partial charge in [0.2, 0.25) is 0 Å². The predicted molar refractivity (Wildman–Crippen MR) is 157 cm³/mol. The van der Waals surface area contributed by atoms with Crippen LogP contribution in [0.4, 0.5) is 4.39 Å². The van der Waals surface area contributed by atoms with E-state index in [-0.39, 0.29) is 5.82 Å². The zero-order valence-corrected chi connectivity index (χ0v) is 22.6. The van der Waals surface area contributed by atoms with Gasteiger partial charge in [-0.2, -0.15) is 0 Å². The molecular formula is C36H41F. The molecule has 0 amide bonds. The molecule has 3 aromatic carbocycles. The Kier molecular flexibility index (Phi) is 10.2. The topological polar surface area (TPSA) is 0 Å². The summed E-state index contributed by atoms with van der Waals surface area (Å²) in [7, 11) is 0. The highest BCUT2D eigenvalue weighted by molar-refractivity contribution is 5.85. The summed E-state index contributed by atoms with van der Waals surface area (Å²) in [5.41, 5.74) is 4.11. The molecule has 0 bridgehead atoms. The van der Waals surface area contributed by atoms with Crippen LogP contribution in [0.3, 0.4) is 0 Å². The standard InChI is InChI=1S/C36H41F/c1-3-5-7-9-28-11-15-30(16-12-28)19-20-32-22-26-35-34(27-32)25-24-33(36(35)37)23-21-31-17-13-29(14-18-31)10-8-6-4-2/h3-6,11-12,15-16,22,24-27,29,31H,7-10,13-14,17-18,21,23H2,1-2H3/b5-3+,6-4+. The van der Waals surface area contributed by atoms with Crippen molar-refractivity contribution in [1.82, 2.24) is 0 Å². The maximum Gasteiger partial charge on any atom is 0.134 e. The van der Waals surface area contributed by atoms with Crippen molar-refractivity contribution in [2.75, 3.05) is 0 Å². The van der Waals surface area contributed by atoms with Crippen molar-refractivity contribution >= 4 is 10.8 Å². The van der Waals surface area contributed by atoms with E-state index >= 15 is 4.39 Å². The van der Waals surface area contributed by atoms with E-state index in [4.69, 9.17) is 0 Å². The quantitative estimate of drug-likeness (QED) is 0.206. The Morgan fingerprint density at radius 2 is 1.38 bits per heavy atom. The summed E-state index contributed by atoms with van der Waals surface area (Å²) in [5.74, 6) is 8.10. The minimum atomic E-state index is -0.0504. The van der Waals surface area contributed by atoms with Gasteiger partial charge in [0.05, 0.1) is 0 Å². The van der Waals surface area contributed by atoms with E-state index in [1.54, 1.807) is 0 Å². The lowest BCUT2D eigenvalue weighted by Crippen LogP contribution is -2.15. The Morgan fingerprint density at radius 1 is 0.730 bits per heavy atom. The Labute approximate surface area is 223 Å². The lowest BCUT2D eigenvalue weighted by molar-refractivity contribution is 0.254. The van der Waals surface area contributed by atoms with Crippen LogP contribution in [0.5, 0.6) is 0 Å². The largest absolute Gasteiger partial charge is 0.206 e. The van der Waals surface area contributed by atoms with Crippen LogP contribution in [-0.4, -0.2) is 0 Å². The van der Waals surface area contributed by atoms with Gasteiger partial charge in [0, 0.05) is 16.5 Å². The summed E-state index contributed by atoms with van der Waals surface area (Å²) in [6, 6.07) is 18.4. The first kappa shape index (κ1) is 26.9. The summed E-state index contributed by atoms with van der Waals surface area (Å²) in [6.45, 7) is 4.16. The van der Waals surface area contributed by atoms with E-state index in [0.29, 0.717) is 5.39 Å². The zero-order valence-electron chi connectivity index (χ0n) is 22.6. The molecular weight excluding hydrogens is 451 g/mol. The monoisotopic (exact) mass is 492 g/mol. The fourth-order valence-electron chi connectivity index (χ4n) is 5.59. The van der Waals surface area contributed by atoms with Gasteiger partial charge in [-0.25, -0.2) is 4.39 Å². The van der Waals surface area contributed by atoms with E-state index in [2.05, 4.69) is 80.3 Å². The number of aryl methyl sites for hydroxylation is 2. The first-order valence-corrected chi connectivity index (χ1v) is 14.2. The van der Waals surface area contributed by atoms with Crippen LogP contribution in [0.1, 0.15) is 87.5 Å². The molecule has 1 saturated carbocycles. The molecule has 1 aliphatic carbocycles. The molecule has 0 aliphatic heterocycles. The van der Waals surface area contributed by atoms with Gasteiger partial charge in [-0.15, -0.1) is 0 Å². The second-order valence-electron chi connectivity index (χ2n) is 10.6. The molecule has 0 saturated heterocycles. The summed E-state index contributed by atoms with van der Waals surface area (Å²) in [6.07, 6.45) is 20.6. The van der Waals surface area contributed by atoms with Gasteiger partial charge in [-0.05, 0) is 105 Å². The van der Waals surface area contributed by atoms with Crippen molar-refractivity contribution in [2.45, 2.75) is 78.1 Å². The van der Waals surface area contributed by atoms with Gasteiger partial charge >= 0.3 is 0 Å². The van der Waals surface area contributed by atoms with Gasteiger partial charge in [0.15, 0.2) is 0 Å². The van der Waals surface area contributed by atoms with Crippen molar-refractivity contribution in [3.63, 3.8) is 0 Å². The molecule has 0 aromatic heterocycles. The summed E-state index contributed by atoms with van der Waals surface area (Å²) in [4.78, 5) is 0. The maximum atomic E-state index is 15.3. The molecule has 37 heavy (non-hydrogen) atoms. The molecule has 0 nitrogen and oxygen atoms in total. The van der Waals surface area contributed by atoms with Gasteiger partial charge in [0.25, 0.3) is 0 Å². The highest BCUT2D eigenvalue weighted by Crippen LogP contribution is 2.34. The smallest absolute Gasteiger partial charge is 0.134 e. The van der Waals surface area contributed by atoms with E-state index in [9.17, 15) is 0 Å². The summed E-state index contributed by atoms with van der Waals surface area (Å²) < 4.78 is 15.3. The van der Waals surface area contributed by atoms with E-state index in [1.807, 2.05) is 24.3 Å². The number of halogens is 1. The minimum absolute atomic E-state index is 0.0504. The summed E-state index contributed by atoms with van der Waals surface area (Å²) >= 11 is 0. The molecule has 3 aromatic rings. The van der Waals surface area contributed by atoms with Crippen LogP contribution in [0.25, 0.3) is 10.8 Å². The van der Waals surface area contributed by atoms with E-state index < -0.39 is 0 Å². The molecule has 0 heterocycles. The highest BCUT2D eigenvalue weighted by Gasteiger charge is 2.21. The van der Waals surface area contributed by atoms with Gasteiger partial charge < -0.3 is 0 Å². The molecule has 1 heteroatoms. The van der Waals surface area contributed by atoms with Crippen LogP contribution >= 0.6 is 0 Å². The SMILES string of the molecule is C/C=C/CCc1ccc(C#Cc2ccc3c(F)c(CCC4CCC(CC/C=C/C)CC4)ccc3c2)cc1. The zero-order chi connectivity index (χ0) is 25.9. The third-order valence-corrected chi connectivity index (χ3v) is 7.94. The van der Waals surface area contributed by atoms with Gasteiger partial charge in [-0.3, -0.25) is 0 Å². The molecule has 0 spiro atoms. The number of rotatable bonds is 9. The first-order valence-electron chi connectivity index (χ1n) is 14.2. The molecule has 4 rings (SSSR count).